The number of likely N-dealkylation sites (N-methyl/N-ethyl adjacent to an activating group) is 1. The van der Waals surface area contributed by atoms with Crippen molar-refractivity contribution in [2.75, 3.05) is 13.6 Å². The summed E-state index contributed by atoms with van der Waals surface area (Å²) in [7, 11) is 1.99. The first-order valence-electron chi connectivity index (χ1n) is 12.1. The first kappa shape index (κ1) is 24.6. The minimum absolute atomic E-state index is 0.170. The zero-order valence-corrected chi connectivity index (χ0v) is 20.5. The van der Waals surface area contributed by atoms with Crippen LogP contribution in [0.3, 0.4) is 0 Å². The van der Waals surface area contributed by atoms with Crippen LogP contribution < -0.4 is 10.5 Å². The standard InChI is InChI=1S/C26H30N2O8/c1-13(30)17(27)11-20(31)34-14(2)24(32)35-18-6-7-26(33)19-10-15-4-5-16(12-29)22-21(15)25(26,23(18)36-22)8-9-28(19)3/h4-6,12,14,17,19,23,33H,7-11,27H2,1-3H3/t14-,17-,19+,23-,25-,26+/m0/s1. The Bertz CT molecular complexity index is 1190. The van der Waals surface area contributed by atoms with Crippen molar-refractivity contribution < 1.29 is 38.5 Å². The van der Waals surface area contributed by atoms with Crippen molar-refractivity contribution in [3.05, 3.63) is 40.7 Å². The highest BCUT2D eigenvalue weighted by molar-refractivity contribution is 5.87. The summed E-state index contributed by atoms with van der Waals surface area (Å²) in [6.45, 7) is 3.34. The Labute approximate surface area is 208 Å². The molecule has 3 N–H and O–H groups in total. The molecule has 2 heterocycles. The quantitative estimate of drug-likeness (QED) is 0.404. The van der Waals surface area contributed by atoms with Gasteiger partial charge in [-0.2, -0.15) is 0 Å². The van der Waals surface area contributed by atoms with E-state index in [-0.39, 0.29) is 30.4 Å². The molecular weight excluding hydrogens is 468 g/mol. The van der Waals surface area contributed by atoms with Gasteiger partial charge in [0.15, 0.2) is 18.5 Å². The van der Waals surface area contributed by atoms with E-state index in [1.54, 1.807) is 12.1 Å². The van der Waals surface area contributed by atoms with E-state index in [4.69, 9.17) is 19.9 Å². The van der Waals surface area contributed by atoms with Crippen LogP contribution in [-0.2, 0) is 35.7 Å². The van der Waals surface area contributed by atoms with Crippen LogP contribution >= 0.6 is 0 Å². The highest BCUT2D eigenvalue weighted by atomic mass is 16.6. The van der Waals surface area contributed by atoms with Crippen molar-refractivity contribution in [2.24, 2.45) is 5.73 Å². The number of aldehydes is 1. The van der Waals surface area contributed by atoms with Gasteiger partial charge in [0, 0.05) is 18.0 Å². The van der Waals surface area contributed by atoms with E-state index in [0.717, 1.165) is 17.4 Å². The molecule has 1 fully saturated rings. The average molecular weight is 499 g/mol. The molecule has 36 heavy (non-hydrogen) atoms. The fraction of sp³-hybridized carbons (Fsp3) is 0.538. The zero-order chi connectivity index (χ0) is 26.0. The number of benzene rings is 1. The lowest BCUT2D eigenvalue weighted by Crippen LogP contribution is -2.74. The maximum atomic E-state index is 12.9. The Balaban J connectivity index is 1.44. The van der Waals surface area contributed by atoms with Gasteiger partial charge in [-0.15, -0.1) is 0 Å². The molecular formula is C26H30N2O8. The molecule has 6 atom stereocenters. The maximum absolute atomic E-state index is 12.9. The van der Waals surface area contributed by atoms with Gasteiger partial charge in [0.05, 0.1) is 29.0 Å². The first-order chi connectivity index (χ1) is 17.0. The molecule has 0 radical (unpaired) electrons. The molecule has 2 aliphatic heterocycles. The average Bonchev–Trinajstić information content (AvgIpc) is 3.18. The van der Waals surface area contributed by atoms with Crippen molar-refractivity contribution in [3.63, 3.8) is 0 Å². The summed E-state index contributed by atoms with van der Waals surface area (Å²) in [6.07, 6.45) is 1.36. The molecule has 4 aliphatic rings. The number of hydrogen-bond acceptors (Lipinski definition) is 10. The van der Waals surface area contributed by atoms with E-state index in [0.29, 0.717) is 30.7 Å². The van der Waals surface area contributed by atoms with Crippen LogP contribution in [-0.4, -0.2) is 77.5 Å². The van der Waals surface area contributed by atoms with Crippen LogP contribution in [0.2, 0.25) is 0 Å². The van der Waals surface area contributed by atoms with E-state index in [2.05, 4.69) is 4.90 Å². The molecule has 1 aromatic carbocycles. The molecule has 1 aromatic rings. The van der Waals surface area contributed by atoms with Crippen molar-refractivity contribution >= 4 is 24.0 Å². The Morgan fingerprint density at radius 2 is 2.11 bits per heavy atom. The third-order valence-electron chi connectivity index (χ3n) is 8.30. The predicted octanol–water partition coefficient (Wildman–Crippen LogP) is 0.558. The predicted molar refractivity (Wildman–Crippen MR) is 125 cm³/mol. The smallest absolute Gasteiger partial charge is 0.352 e. The molecule has 0 saturated carbocycles. The number of aliphatic hydroxyl groups is 1. The summed E-state index contributed by atoms with van der Waals surface area (Å²) < 4.78 is 17.2. The van der Waals surface area contributed by atoms with Gasteiger partial charge in [-0.05, 0) is 58.0 Å². The van der Waals surface area contributed by atoms with Crippen molar-refractivity contribution in [2.45, 2.75) is 74.8 Å². The summed E-state index contributed by atoms with van der Waals surface area (Å²) in [6, 6.07) is 2.46. The van der Waals surface area contributed by atoms with Crippen LogP contribution in [0.25, 0.3) is 0 Å². The van der Waals surface area contributed by atoms with Gasteiger partial charge in [0.2, 0.25) is 0 Å². The van der Waals surface area contributed by atoms with Gasteiger partial charge in [0.25, 0.3) is 0 Å². The summed E-state index contributed by atoms with van der Waals surface area (Å²) >= 11 is 0. The molecule has 5 rings (SSSR count). The Morgan fingerprint density at radius 3 is 2.81 bits per heavy atom. The molecule has 10 heteroatoms. The maximum Gasteiger partial charge on any atom is 0.352 e. The first-order valence-corrected chi connectivity index (χ1v) is 12.1. The van der Waals surface area contributed by atoms with Crippen LogP contribution in [0.1, 0.15) is 54.6 Å². The molecule has 10 nitrogen and oxygen atoms in total. The van der Waals surface area contributed by atoms with E-state index < -0.39 is 41.2 Å². The van der Waals surface area contributed by atoms with E-state index in [1.165, 1.54) is 13.8 Å². The number of nitrogens with zero attached hydrogens (tertiary/aromatic N) is 1. The van der Waals surface area contributed by atoms with Gasteiger partial charge in [-0.3, -0.25) is 14.4 Å². The lowest BCUT2D eigenvalue weighted by Gasteiger charge is -2.61. The fourth-order valence-electron chi connectivity index (χ4n) is 6.38. The lowest BCUT2D eigenvalue weighted by atomic mass is 9.50. The van der Waals surface area contributed by atoms with E-state index >= 15 is 0 Å². The number of Topliss-reactive ketones (excluding diaryl/α,β-unsaturated/α-hetero) is 1. The zero-order valence-electron chi connectivity index (χ0n) is 20.5. The van der Waals surface area contributed by atoms with Gasteiger partial charge in [-0.1, -0.05) is 6.07 Å². The highest BCUT2D eigenvalue weighted by Crippen LogP contribution is 2.64. The number of carbonyl (C=O) groups is 4. The molecule has 0 unspecified atom stereocenters. The monoisotopic (exact) mass is 498 g/mol. The summed E-state index contributed by atoms with van der Waals surface area (Å²) in [5.41, 5.74) is 5.75. The Morgan fingerprint density at radius 1 is 1.36 bits per heavy atom. The topological polar surface area (TPSA) is 145 Å². The molecule has 1 saturated heterocycles. The molecule has 2 aliphatic carbocycles. The van der Waals surface area contributed by atoms with E-state index in [9.17, 15) is 24.3 Å². The van der Waals surface area contributed by atoms with E-state index in [1.807, 2.05) is 13.1 Å². The number of esters is 2. The number of likely N-dealkylation sites (tertiary alicyclic amines) is 1. The molecule has 192 valence electrons. The molecule has 1 spiro atoms. The number of ether oxygens (including phenoxy) is 3. The summed E-state index contributed by atoms with van der Waals surface area (Å²) in [4.78, 5) is 50.3. The minimum Gasteiger partial charge on any atom is -0.480 e. The second kappa shape index (κ2) is 8.50. The third kappa shape index (κ3) is 3.35. The highest BCUT2D eigenvalue weighted by Gasteiger charge is 2.72. The molecule has 0 aromatic heterocycles. The minimum atomic E-state index is -1.25. The second-order valence-corrected chi connectivity index (χ2v) is 10.3. The van der Waals surface area contributed by atoms with Gasteiger partial charge in [-0.25, -0.2) is 4.79 Å². The number of rotatable bonds is 7. The lowest BCUT2D eigenvalue weighted by molar-refractivity contribution is -0.175. The normalized spacial score (nSPS) is 31.3. The number of carbonyl (C=O) groups excluding carboxylic acids is 4. The largest absolute Gasteiger partial charge is 0.480 e. The van der Waals surface area contributed by atoms with Crippen LogP contribution in [0, 0.1) is 0 Å². The van der Waals surface area contributed by atoms with Crippen LogP contribution in [0.15, 0.2) is 24.0 Å². The van der Waals surface area contributed by atoms with Gasteiger partial charge >= 0.3 is 11.9 Å². The number of piperidine rings is 1. The molecule has 2 bridgehead atoms. The molecule has 0 amide bonds. The summed E-state index contributed by atoms with van der Waals surface area (Å²) in [5, 5.41) is 12.2. The van der Waals surface area contributed by atoms with Crippen molar-refractivity contribution in [3.8, 4) is 5.75 Å². The van der Waals surface area contributed by atoms with Crippen LogP contribution in [0.4, 0.5) is 0 Å². The Kier molecular flexibility index (Phi) is 5.81. The van der Waals surface area contributed by atoms with Crippen LogP contribution in [0.5, 0.6) is 5.75 Å². The number of nitrogens with two attached hydrogens (primary N) is 1. The van der Waals surface area contributed by atoms with Crippen molar-refractivity contribution in [1.29, 1.82) is 0 Å². The van der Waals surface area contributed by atoms with Gasteiger partial charge < -0.3 is 30.0 Å². The number of hydrogen-bond donors (Lipinski definition) is 2. The summed E-state index contributed by atoms with van der Waals surface area (Å²) in [5.74, 6) is -1.32. The number of ketones is 1. The van der Waals surface area contributed by atoms with Gasteiger partial charge in [0.1, 0.15) is 17.3 Å². The fourth-order valence-corrected chi connectivity index (χ4v) is 6.38. The Hall–Kier alpha value is -3.08. The SMILES string of the molecule is CC(=O)[C@@H](N)CC(=O)O[C@@H](C)C(=O)OC1=CC[C@@]2(O)[C@H]3Cc4ccc(C=O)c5c4[C@@]2(CCN3C)[C@H]1O5. The second-order valence-electron chi connectivity index (χ2n) is 10.3. The van der Waals surface area contributed by atoms with Crippen molar-refractivity contribution in [1.82, 2.24) is 4.90 Å². The third-order valence-corrected chi connectivity index (χ3v) is 8.30.